The third-order valence-corrected chi connectivity index (χ3v) is 2.16. The molecule has 1 rings (SSSR count). The second-order valence-corrected chi connectivity index (χ2v) is 3.47. The van der Waals surface area contributed by atoms with Crippen LogP contribution in [0, 0.1) is 0 Å². The maximum atomic E-state index is 5.94. The van der Waals surface area contributed by atoms with Crippen molar-refractivity contribution in [2.75, 3.05) is 13.6 Å². The fraction of sp³-hybridized carbons (Fsp3) is 0.200. The quantitative estimate of drug-likeness (QED) is 0.817. The van der Waals surface area contributed by atoms with Crippen LogP contribution in [-0.2, 0) is 0 Å². The summed E-state index contributed by atoms with van der Waals surface area (Å²) in [5.74, 6) is 0. The third kappa shape index (κ3) is 3.39. The summed E-state index contributed by atoms with van der Waals surface area (Å²) >= 11 is 11.8. The first-order chi connectivity index (χ1) is 6.24. The van der Waals surface area contributed by atoms with Crippen molar-refractivity contribution in [3.05, 3.63) is 39.9 Å². The van der Waals surface area contributed by atoms with Crippen molar-refractivity contribution < 1.29 is 0 Å². The highest BCUT2D eigenvalue weighted by molar-refractivity contribution is 6.34. The summed E-state index contributed by atoms with van der Waals surface area (Å²) in [5.41, 5.74) is 0.949. The van der Waals surface area contributed by atoms with Crippen LogP contribution in [0.5, 0.6) is 0 Å². The van der Waals surface area contributed by atoms with E-state index in [9.17, 15) is 0 Å². The Morgan fingerprint density at radius 3 is 2.85 bits per heavy atom. The highest BCUT2D eigenvalue weighted by Crippen LogP contribution is 2.21. The first-order valence-electron chi connectivity index (χ1n) is 4.00. The SMILES string of the molecule is CNCC=Cc1cc(Cl)ccc1Cl. The van der Waals surface area contributed by atoms with Gasteiger partial charge in [-0.2, -0.15) is 0 Å². The molecule has 0 aliphatic carbocycles. The first kappa shape index (κ1) is 10.6. The van der Waals surface area contributed by atoms with Gasteiger partial charge < -0.3 is 5.32 Å². The largest absolute Gasteiger partial charge is 0.316 e. The Kier molecular flexibility index (Phi) is 4.29. The molecule has 0 unspecified atom stereocenters. The predicted molar refractivity (Wildman–Crippen MR) is 59.4 cm³/mol. The average Bonchev–Trinajstić information content (AvgIpc) is 2.11. The van der Waals surface area contributed by atoms with Crippen LogP contribution in [0.15, 0.2) is 24.3 Å². The summed E-state index contributed by atoms with van der Waals surface area (Å²) in [4.78, 5) is 0. The Labute approximate surface area is 88.4 Å². The normalized spacial score (nSPS) is 11.0. The number of halogens is 2. The molecule has 1 nitrogen and oxygen atoms in total. The summed E-state index contributed by atoms with van der Waals surface area (Å²) < 4.78 is 0. The zero-order valence-corrected chi connectivity index (χ0v) is 8.86. The minimum Gasteiger partial charge on any atom is -0.316 e. The second-order valence-electron chi connectivity index (χ2n) is 2.63. The number of nitrogens with one attached hydrogen (secondary N) is 1. The molecule has 0 aromatic heterocycles. The number of rotatable bonds is 3. The van der Waals surface area contributed by atoms with Gasteiger partial charge in [0.25, 0.3) is 0 Å². The van der Waals surface area contributed by atoms with Crippen molar-refractivity contribution in [2.24, 2.45) is 0 Å². The van der Waals surface area contributed by atoms with E-state index in [2.05, 4.69) is 5.32 Å². The van der Waals surface area contributed by atoms with E-state index in [4.69, 9.17) is 23.2 Å². The maximum Gasteiger partial charge on any atom is 0.0479 e. The fourth-order valence-corrected chi connectivity index (χ4v) is 1.31. The number of hydrogen-bond acceptors (Lipinski definition) is 1. The molecule has 0 bridgehead atoms. The predicted octanol–water partition coefficient (Wildman–Crippen LogP) is 3.23. The van der Waals surface area contributed by atoms with E-state index in [-0.39, 0.29) is 0 Å². The molecule has 13 heavy (non-hydrogen) atoms. The number of benzene rings is 1. The lowest BCUT2D eigenvalue weighted by atomic mass is 10.2. The van der Waals surface area contributed by atoms with Crippen LogP contribution in [0.2, 0.25) is 10.0 Å². The van der Waals surface area contributed by atoms with E-state index in [1.54, 1.807) is 12.1 Å². The van der Waals surface area contributed by atoms with E-state index < -0.39 is 0 Å². The van der Waals surface area contributed by atoms with Gasteiger partial charge in [0.15, 0.2) is 0 Å². The molecule has 0 saturated heterocycles. The Hall–Kier alpha value is -0.500. The molecule has 0 atom stereocenters. The highest BCUT2D eigenvalue weighted by Gasteiger charge is 1.96. The van der Waals surface area contributed by atoms with Gasteiger partial charge in [-0.15, -0.1) is 0 Å². The van der Waals surface area contributed by atoms with E-state index in [1.807, 2.05) is 25.3 Å². The van der Waals surface area contributed by atoms with Gasteiger partial charge >= 0.3 is 0 Å². The number of hydrogen-bond donors (Lipinski definition) is 1. The zero-order valence-electron chi connectivity index (χ0n) is 7.35. The van der Waals surface area contributed by atoms with Gasteiger partial charge in [-0.05, 0) is 30.8 Å². The van der Waals surface area contributed by atoms with Gasteiger partial charge in [0, 0.05) is 16.6 Å². The molecular formula is C10H11Cl2N. The second kappa shape index (κ2) is 5.28. The van der Waals surface area contributed by atoms with Crippen molar-refractivity contribution in [1.29, 1.82) is 0 Å². The summed E-state index contributed by atoms with van der Waals surface area (Å²) in [7, 11) is 1.89. The molecule has 0 amide bonds. The summed E-state index contributed by atoms with van der Waals surface area (Å²) in [6.45, 7) is 0.822. The Balaban J connectivity index is 2.81. The van der Waals surface area contributed by atoms with Crippen LogP contribution < -0.4 is 5.32 Å². The van der Waals surface area contributed by atoms with Crippen LogP contribution >= 0.6 is 23.2 Å². The van der Waals surface area contributed by atoms with E-state index in [0.29, 0.717) is 5.02 Å². The van der Waals surface area contributed by atoms with Gasteiger partial charge in [0.1, 0.15) is 0 Å². The Bertz CT molecular complexity index is 308. The van der Waals surface area contributed by atoms with E-state index in [1.165, 1.54) is 0 Å². The summed E-state index contributed by atoms with van der Waals surface area (Å²) in [6.07, 6.45) is 3.95. The van der Waals surface area contributed by atoms with Crippen molar-refractivity contribution in [3.63, 3.8) is 0 Å². The topological polar surface area (TPSA) is 12.0 Å². The molecule has 0 aliphatic heterocycles. The Morgan fingerprint density at radius 2 is 2.15 bits per heavy atom. The Morgan fingerprint density at radius 1 is 1.38 bits per heavy atom. The van der Waals surface area contributed by atoms with Crippen molar-refractivity contribution in [3.8, 4) is 0 Å². The molecule has 0 radical (unpaired) electrons. The molecule has 0 spiro atoms. The molecule has 1 aromatic carbocycles. The van der Waals surface area contributed by atoms with Crippen LogP contribution in [0.4, 0.5) is 0 Å². The molecule has 0 heterocycles. The fourth-order valence-electron chi connectivity index (χ4n) is 0.946. The van der Waals surface area contributed by atoms with Crippen molar-refractivity contribution in [1.82, 2.24) is 5.32 Å². The van der Waals surface area contributed by atoms with Gasteiger partial charge in [-0.3, -0.25) is 0 Å². The molecular weight excluding hydrogens is 205 g/mol. The lowest BCUT2D eigenvalue weighted by molar-refractivity contribution is 0.922. The summed E-state index contributed by atoms with van der Waals surface area (Å²) in [5, 5.41) is 4.43. The van der Waals surface area contributed by atoms with Gasteiger partial charge in [-0.1, -0.05) is 35.4 Å². The molecule has 1 N–H and O–H groups in total. The van der Waals surface area contributed by atoms with Crippen molar-refractivity contribution >= 4 is 29.3 Å². The third-order valence-electron chi connectivity index (χ3n) is 1.58. The zero-order chi connectivity index (χ0) is 9.68. The molecule has 70 valence electrons. The minimum absolute atomic E-state index is 0.702. The van der Waals surface area contributed by atoms with Crippen molar-refractivity contribution in [2.45, 2.75) is 0 Å². The first-order valence-corrected chi connectivity index (χ1v) is 4.76. The molecule has 0 aliphatic rings. The highest BCUT2D eigenvalue weighted by atomic mass is 35.5. The number of likely N-dealkylation sites (N-methyl/N-ethyl adjacent to an activating group) is 1. The standard InChI is InChI=1S/C10H11Cl2N/c1-13-6-2-3-8-7-9(11)4-5-10(8)12/h2-5,7,13H,6H2,1H3. The maximum absolute atomic E-state index is 5.94. The van der Waals surface area contributed by atoms with Crippen LogP contribution in [-0.4, -0.2) is 13.6 Å². The van der Waals surface area contributed by atoms with Gasteiger partial charge in [-0.25, -0.2) is 0 Å². The van der Waals surface area contributed by atoms with Gasteiger partial charge in [0.05, 0.1) is 0 Å². The molecule has 0 saturated carbocycles. The van der Waals surface area contributed by atoms with Crippen LogP contribution in [0.25, 0.3) is 6.08 Å². The lowest BCUT2D eigenvalue weighted by Gasteiger charge is -1.98. The summed E-state index contributed by atoms with van der Waals surface area (Å²) in [6, 6.07) is 5.41. The lowest BCUT2D eigenvalue weighted by Crippen LogP contribution is -2.03. The molecule has 1 aromatic rings. The van der Waals surface area contributed by atoms with Crippen LogP contribution in [0.3, 0.4) is 0 Å². The van der Waals surface area contributed by atoms with E-state index >= 15 is 0 Å². The monoisotopic (exact) mass is 215 g/mol. The van der Waals surface area contributed by atoms with E-state index in [0.717, 1.165) is 17.1 Å². The molecule has 3 heteroatoms. The smallest absolute Gasteiger partial charge is 0.0479 e. The average molecular weight is 216 g/mol. The minimum atomic E-state index is 0.702. The van der Waals surface area contributed by atoms with Crippen LogP contribution in [0.1, 0.15) is 5.56 Å². The van der Waals surface area contributed by atoms with Gasteiger partial charge in [0.2, 0.25) is 0 Å². The molecule has 0 fully saturated rings.